The van der Waals surface area contributed by atoms with Crippen LogP contribution in [0.25, 0.3) is 0 Å². The molecule has 0 amide bonds. The summed E-state index contributed by atoms with van der Waals surface area (Å²) in [6, 6.07) is -0.553. The number of carboxylic acid groups (broad SMARTS) is 1. The first-order valence-corrected chi connectivity index (χ1v) is 5.59. The zero-order valence-corrected chi connectivity index (χ0v) is 8.72. The second-order valence-corrected chi connectivity index (χ2v) is 4.09. The van der Waals surface area contributed by atoms with Gasteiger partial charge < -0.3 is 16.2 Å². The molecular formula is C8H15N3O2S. The summed E-state index contributed by atoms with van der Waals surface area (Å²) >= 11 is 1.57. The largest absolute Gasteiger partial charge is 0.480 e. The zero-order valence-electron chi connectivity index (χ0n) is 7.90. The maximum Gasteiger partial charge on any atom is 0.326 e. The molecule has 1 atom stereocenters. The number of aliphatic carboxylic acids is 1. The summed E-state index contributed by atoms with van der Waals surface area (Å²) < 4.78 is 0. The van der Waals surface area contributed by atoms with E-state index in [2.05, 4.69) is 10.3 Å². The van der Waals surface area contributed by atoms with Crippen molar-refractivity contribution in [1.29, 1.82) is 0 Å². The fraction of sp³-hybridized carbons (Fsp3) is 0.750. The van der Waals surface area contributed by atoms with Crippen LogP contribution in [0.15, 0.2) is 4.99 Å². The molecule has 1 rings (SSSR count). The molecule has 0 aromatic rings. The number of nitrogens with two attached hydrogens (primary N) is 1. The summed E-state index contributed by atoms with van der Waals surface area (Å²) in [7, 11) is 0. The van der Waals surface area contributed by atoms with Crippen LogP contribution in [-0.4, -0.2) is 41.1 Å². The minimum atomic E-state index is -0.839. The van der Waals surface area contributed by atoms with Crippen molar-refractivity contribution in [2.45, 2.75) is 18.9 Å². The summed E-state index contributed by atoms with van der Waals surface area (Å²) in [4.78, 5) is 15.0. The van der Waals surface area contributed by atoms with E-state index in [1.807, 2.05) is 0 Å². The van der Waals surface area contributed by atoms with Crippen LogP contribution in [0.3, 0.4) is 0 Å². The van der Waals surface area contributed by atoms with Crippen molar-refractivity contribution < 1.29 is 9.90 Å². The van der Waals surface area contributed by atoms with Crippen molar-refractivity contribution in [2.75, 3.05) is 18.8 Å². The number of thioether (sulfide) groups is 1. The van der Waals surface area contributed by atoms with Crippen molar-refractivity contribution in [3.8, 4) is 0 Å². The van der Waals surface area contributed by atoms with Gasteiger partial charge in [-0.3, -0.25) is 4.99 Å². The fourth-order valence-corrected chi connectivity index (χ4v) is 1.93. The average molecular weight is 217 g/mol. The molecule has 1 heterocycles. The monoisotopic (exact) mass is 217 g/mol. The maximum absolute atomic E-state index is 10.8. The number of rotatable bonds is 5. The van der Waals surface area contributed by atoms with E-state index in [4.69, 9.17) is 10.8 Å². The normalized spacial score (nSPS) is 17.6. The highest BCUT2D eigenvalue weighted by atomic mass is 32.2. The Hall–Kier alpha value is -0.750. The molecule has 6 heteroatoms. The third-order valence-corrected chi connectivity index (χ3v) is 2.79. The van der Waals surface area contributed by atoms with Crippen LogP contribution in [0.1, 0.15) is 12.8 Å². The smallest absolute Gasteiger partial charge is 0.326 e. The Kier molecular flexibility index (Phi) is 4.75. The molecule has 80 valence electrons. The molecule has 0 saturated heterocycles. The Balaban J connectivity index is 2.38. The van der Waals surface area contributed by atoms with Crippen LogP contribution in [0.2, 0.25) is 0 Å². The number of amidine groups is 1. The van der Waals surface area contributed by atoms with E-state index in [0.29, 0.717) is 19.4 Å². The molecule has 0 aliphatic carbocycles. The molecular weight excluding hydrogens is 202 g/mol. The standard InChI is InChI=1S/C8H15N3O2S/c9-3-1-2-6(7(12)13)11-8-10-4-5-14-8/h6H,1-5,9H2,(H,10,11)(H,12,13)/t6-/m0/s1. The van der Waals surface area contributed by atoms with Gasteiger partial charge in [-0.05, 0) is 19.4 Å². The van der Waals surface area contributed by atoms with E-state index in [0.717, 1.165) is 17.5 Å². The number of aliphatic imine (C=N–C) groups is 1. The van der Waals surface area contributed by atoms with Crippen LogP contribution in [0.4, 0.5) is 0 Å². The van der Waals surface area contributed by atoms with Crippen molar-refractivity contribution in [1.82, 2.24) is 5.32 Å². The first-order chi connectivity index (χ1) is 6.74. The lowest BCUT2D eigenvalue weighted by Gasteiger charge is -2.14. The van der Waals surface area contributed by atoms with Crippen molar-refractivity contribution in [2.24, 2.45) is 10.7 Å². The summed E-state index contributed by atoms with van der Waals surface area (Å²) in [6.07, 6.45) is 1.26. The quantitative estimate of drug-likeness (QED) is 0.597. The average Bonchev–Trinajstić information content (AvgIpc) is 2.64. The highest BCUT2D eigenvalue weighted by Crippen LogP contribution is 2.10. The molecule has 0 radical (unpaired) electrons. The van der Waals surface area contributed by atoms with E-state index in [9.17, 15) is 4.79 Å². The van der Waals surface area contributed by atoms with Crippen LogP contribution in [0, 0.1) is 0 Å². The Labute approximate surface area is 87.2 Å². The Morgan fingerprint density at radius 3 is 3.07 bits per heavy atom. The molecule has 0 bridgehead atoms. The van der Waals surface area contributed by atoms with Gasteiger partial charge in [-0.2, -0.15) is 0 Å². The van der Waals surface area contributed by atoms with E-state index in [1.54, 1.807) is 11.8 Å². The predicted molar refractivity (Wildman–Crippen MR) is 57.6 cm³/mol. The molecule has 1 aliphatic rings. The number of nitrogens with zero attached hydrogens (tertiary/aromatic N) is 1. The van der Waals surface area contributed by atoms with Crippen LogP contribution < -0.4 is 11.1 Å². The third-order valence-electron chi connectivity index (χ3n) is 1.88. The van der Waals surface area contributed by atoms with Gasteiger partial charge in [0.2, 0.25) is 0 Å². The molecule has 0 aromatic heterocycles. The van der Waals surface area contributed by atoms with Gasteiger partial charge in [0, 0.05) is 5.75 Å². The number of carbonyl (C=O) groups is 1. The van der Waals surface area contributed by atoms with Gasteiger partial charge in [-0.25, -0.2) is 4.79 Å². The summed E-state index contributed by atoms with van der Waals surface area (Å²) in [5.41, 5.74) is 5.33. The lowest BCUT2D eigenvalue weighted by Crippen LogP contribution is -2.39. The number of hydrogen-bond donors (Lipinski definition) is 3. The minimum Gasteiger partial charge on any atom is -0.480 e. The zero-order chi connectivity index (χ0) is 10.4. The van der Waals surface area contributed by atoms with E-state index in [-0.39, 0.29) is 0 Å². The lowest BCUT2D eigenvalue weighted by molar-refractivity contribution is -0.139. The number of hydrogen-bond acceptors (Lipinski definition) is 5. The molecule has 14 heavy (non-hydrogen) atoms. The fourth-order valence-electron chi connectivity index (χ4n) is 1.15. The maximum atomic E-state index is 10.8. The molecule has 4 N–H and O–H groups in total. The van der Waals surface area contributed by atoms with Crippen LogP contribution >= 0.6 is 11.8 Å². The number of nitrogens with one attached hydrogen (secondary N) is 1. The van der Waals surface area contributed by atoms with Gasteiger partial charge in [0.25, 0.3) is 0 Å². The van der Waals surface area contributed by atoms with E-state index < -0.39 is 12.0 Å². The molecule has 0 fully saturated rings. The lowest BCUT2D eigenvalue weighted by atomic mass is 10.1. The Morgan fingerprint density at radius 2 is 2.57 bits per heavy atom. The second-order valence-electron chi connectivity index (χ2n) is 3.00. The molecule has 0 aromatic carbocycles. The molecule has 5 nitrogen and oxygen atoms in total. The van der Waals surface area contributed by atoms with Gasteiger partial charge in [-0.1, -0.05) is 11.8 Å². The Bertz CT molecular complexity index is 233. The van der Waals surface area contributed by atoms with Gasteiger partial charge in [0.05, 0.1) is 6.54 Å². The first-order valence-electron chi connectivity index (χ1n) is 4.60. The molecule has 0 saturated carbocycles. The van der Waals surface area contributed by atoms with Crippen LogP contribution in [-0.2, 0) is 4.79 Å². The van der Waals surface area contributed by atoms with Gasteiger partial charge in [0.15, 0.2) is 5.17 Å². The summed E-state index contributed by atoms with van der Waals surface area (Å²) in [6.45, 7) is 1.29. The second kappa shape index (κ2) is 5.87. The number of carboxylic acids is 1. The Morgan fingerprint density at radius 1 is 1.79 bits per heavy atom. The van der Waals surface area contributed by atoms with Crippen LogP contribution in [0.5, 0.6) is 0 Å². The molecule has 0 unspecified atom stereocenters. The highest BCUT2D eigenvalue weighted by Gasteiger charge is 2.19. The predicted octanol–water partition coefficient (Wildman–Crippen LogP) is -0.129. The third kappa shape index (κ3) is 3.55. The van der Waals surface area contributed by atoms with Crippen molar-refractivity contribution >= 4 is 22.9 Å². The van der Waals surface area contributed by atoms with E-state index in [1.165, 1.54) is 0 Å². The van der Waals surface area contributed by atoms with Crippen molar-refractivity contribution in [3.63, 3.8) is 0 Å². The highest BCUT2D eigenvalue weighted by molar-refractivity contribution is 8.14. The summed E-state index contributed by atoms with van der Waals surface area (Å²) in [5, 5.41) is 12.5. The first kappa shape index (κ1) is 11.3. The van der Waals surface area contributed by atoms with Gasteiger partial charge in [0.1, 0.15) is 6.04 Å². The van der Waals surface area contributed by atoms with Gasteiger partial charge >= 0.3 is 5.97 Å². The SMILES string of the molecule is NCCC[C@H](NC1=NCCS1)C(=O)O. The van der Waals surface area contributed by atoms with Gasteiger partial charge in [-0.15, -0.1) is 0 Å². The topological polar surface area (TPSA) is 87.7 Å². The molecule has 1 aliphatic heterocycles. The summed E-state index contributed by atoms with van der Waals surface area (Å²) in [5.74, 6) is 0.0969. The van der Waals surface area contributed by atoms with E-state index >= 15 is 0 Å². The van der Waals surface area contributed by atoms with Crippen molar-refractivity contribution in [3.05, 3.63) is 0 Å². The molecule has 0 spiro atoms. The minimum absolute atomic E-state index is 0.519.